The first kappa shape index (κ1) is 16.5. The third-order valence-corrected chi connectivity index (χ3v) is 4.42. The number of fused-ring (bicyclic) bond motifs is 1. The number of benzene rings is 2. The smallest absolute Gasteiger partial charge is 0.257 e. The zero-order valence-corrected chi connectivity index (χ0v) is 14.6. The lowest BCUT2D eigenvalue weighted by molar-refractivity contribution is 0.0977. The predicted molar refractivity (Wildman–Crippen MR) is 99.2 cm³/mol. The van der Waals surface area contributed by atoms with E-state index in [4.69, 9.17) is 12.2 Å². The van der Waals surface area contributed by atoms with Crippen LogP contribution in [0.15, 0.2) is 36.4 Å². The molecular formula is C17H14FN3OS2. The first-order valence-electron chi connectivity index (χ1n) is 7.17. The fourth-order valence-corrected chi connectivity index (χ4v) is 3.51. The van der Waals surface area contributed by atoms with Crippen LogP contribution in [-0.2, 0) is 0 Å². The summed E-state index contributed by atoms with van der Waals surface area (Å²) in [6, 6.07) is 9.95. The molecule has 0 saturated carbocycles. The molecule has 0 atom stereocenters. The molecule has 0 aliphatic carbocycles. The lowest BCUT2D eigenvalue weighted by Gasteiger charge is -2.08. The molecular weight excluding hydrogens is 345 g/mol. The largest absolute Gasteiger partial charge is 0.308 e. The number of thiazole rings is 1. The Labute approximate surface area is 147 Å². The first-order chi connectivity index (χ1) is 11.4. The molecule has 0 fully saturated rings. The van der Waals surface area contributed by atoms with E-state index in [1.807, 2.05) is 19.9 Å². The van der Waals surface area contributed by atoms with Crippen molar-refractivity contribution in [3.8, 4) is 0 Å². The lowest BCUT2D eigenvalue weighted by atomic mass is 10.1. The van der Waals surface area contributed by atoms with Crippen LogP contribution >= 0.6 is 23.6 Å². The van der Waals surface area contributed by atoms with Gasteiger partial charge in [0.25, 0.3) is 5.91 Å². The quantitative estimate of drug-likeness (QED) is 0.674. The Morgan fingerprint density at radius 3 is 2.58 bits per heavy atom. The van der Waals surface area contributed by atoms with Crippen LogP contribution in [0.2, 0.25) is 0 Å². The molecule has 0 spiro atoms. The summed E-state index contributed by atoms with van der Waals surface area (Å²) in [6.07, 6.45) is 0. The Kier molecular flexibility index (Phi) is 4.55. The molecule has 0 unspecified atom stereocenters. The van der Waals surface area contributed by atoms with Crippen LogP contribution in [-0.4, -0.2) is 16.0 Å². The SMILES string of the molecule is Cc1cc(C)cc(C(=O)NC(=S)Nc2nc3ccc(F)cc3s2)c1. The van der Waals surface area contributed by atoms with Gasteiger partial charge in [-0.05, 0) is 56.4 Å². The number of anilines is 1. The number of aryl methyl sites for hydroxylation is 2. The Bertz CT molecular complexity index is 932. The van der Waals surface area contributed by atoms with Crippen molar-refractivity contribution in [3.05, 3.63) is 58.9 Å². The topological polar surface area (TPSA) is 54.0 Å². The fraction of sp³-hybridized carbons (Fsp3) is 0.118. The highest BCUT2D eigenvalue weighted by molar-refractivity contribution is 7.80. The van der Waals surface area contributed by atoms with Crippen molar-refractivity contribution < 1.29 is 9.18 Å². The third kappa shape index (κ3) is 3.74. The summed E-state index contributed by atoms with van der Waals surface area (Å²) < 4.78 is 13.9. The van der Waals surface area contributed by atoms with Crippen LogP contribution in [0.25, 0.3) is 10.2 Å². The third-order valence-electron chi connectivity index (χ3n) is 3.28. The Morgan fingerprint density at radius 1 is 1.17 bits per heavy atom. The molecule has 122 valence electrons. The average Bonchev–Trinajstić information content (AvgIpc) is 2.87. The number of hydrogen-bond acceptors (Lipinski definition) is 4. The molecule has 1 amide bonds. The molecule has 0 saturated heterocycles. The Morgan fingerprint density at radius 2 is 1.88 bits per heavy atom. The van der Waals surface area contributed by atoms with E-state index in [1.54, 1.807) is 18.2 Å². The van der Waals surface area contributed by atoms with E-state index in [0.29, 0.717) is 20.9 Å². The number of nitrogens with one attached hydrogen (secondary N) is 2. The van der Waals surface area contributed by atoms with Crippen molar-refractivity contribution in [1.82, 2.24) is 10.3 Å². The van der Waals surface area contributed by atoms with Crippen LogP contribution in [0.1, 0.15) is 21.5 Å². The van der Waals surface area contributed by atoms with Crippen LogP contribution in [0.4, 0.5) is 9.52 Å². The molecule has 3 rings (SSSR count). The van der Waals surface area contributed by atoms with Gasteiger partial charge in [0.1, 0.15) is 5.82 Å². The number of aromatic nitrogens is 1. The minimum Gasteiger partial charge on any atom is -0.308 e. The maximum absolute atomic E-state index is 13.2. The molecule has 0 aliphatic rings. The molecule has 1 aromatic heterocycles. The number of nitrogens with zero attached hydrogens (tertiary/aromatic N) is 1. The van der Waals surface area contributed by atoms with Crippen molar-refractivity contribution >= 4 is 49.9 Å². The average molecular weight is 359 g/mol. The van der Waals surface area contributed by atoms with E-state index in [1.165, 1.54) is 23.5 Å². The van der Waals surface area contributed by atoms with Crippen molar-refractivity contribution in [2.75, 3.05) is 5.32 Å². The van der Waals surface area contributed by atoms with Crippen molar-refractivity contribution in [3.63, 3.8) is 0 Å². The zero-order chi connectivity index (χ0) is 17.3. The van der Waals surface area contributed by atoms with Gasteiger partial charge in [-0.25, -0.2) is 9.37 Å². The summed E-state index contributed by atoms with van der Waals surface area (Å²) in [5, 5.41) is 6.15. The number of amides is 1. The van der Waals surface area contributed by atoms with Crippen LogP contribution in [0.5, 0.6) is 0 Å². The molecule has 0 radical (unpaired) electrons. The highest BCUT2D eigenvalue weighted by Crippen LogP contribution is 2.26. The summed E-state index contributed by atoms with van der Waals surface area (Å²) in [5.41, 5.74) is 3.23. The van der Waals surface area contributed by atoms with Gasteiger partial charge in [0.15, 0.2) is 10.2 Å². The number of carbonyl (C=O) groups excluding carboxylic acids is 1. The van der Waals surface area contributed by atoms with Crippen molar-refractivity contribution in [1.29, 1.82) is 0 Å². The number of hydrogen-bond donors (Lipinski definition) is 2. The Hall–Kier alpha value is -2.38. The first-order valence-corrected chi connectivity index (χ1v) is 8.40. The van der Waals surface area contributed by atoms with Gasteiger partial charge in [-0.2, -0.15) is 0 Å². The van der Waals surface area contributed by atoms with Gasteiger partial charge in [0, 0.05) is 5.56 Å². The molecule has 0 aliphatic heterocycles. The Balaban J connectivity index is 1.71. The van der Waals surface area contributed by atoms with Gasteiger partial charge in [-0.3, -0.25) is 10.1 Å². The van der Waals surface area contributed by atoms with Crippen molar-refractivity contribution in [2.45, 2.75) is 13.8 Å². The molecule has 7 heteroatoms. The second-order valence-corrected chi connectivity index (χ2v) is 6.85. The molecule has 2 aromatic carbocycles. The van der Waals surface area contributed by atoms with E-state index >= 15 is 0 Å². The second-order valence-electron chi connectivity index (χ2n) is 5.42. The highest BCUT2D eigenvalue weighted by atomic mass is 32.1. The molecule has 24 heavy (non-hydrogen) atoms. The van der Waals surface area contributed by atoms with E-state index in [-0.39, 0.29) is 16.8 Å². The highest BCUT2D eigenvalue weighted by Gasteiger charge is 2.11. The van der Waals surface area contributed by atoms with Gasteiger partial charge in [-0.1, -0.05) is 28.5 Å². The molecule has 1 heterocycles. The summed E-state index contributed by atoms with van der Waals surface area (Å²) >= 11 is 6.42. The standard InChI is InChI=1S/C17H14FN3OS2/c1-9-5-10(2)7-11(6-9)15(22)20-16(23)21-17-19-13-4-3-12(18)8-14(13)24-17/h3-8H,1-2H3,(H2,19,20,21,22,23). The summed E-state index contributed by atoms with van der Waals surface area (Å²) in [5.74, 6) is -0.602. The summed E-state index contributed by atoms with van der Waals surface area (Å²) in [4.78, 5) is 16.6. The van der Waals surface area contributed by atoms with Crippen LogP contribution in [0, 0.1) is 19.7 Å². The number of halogens is 1. The van der Waals surface area contributed by atoms with Gasteiger partial charge in [0.2, 0.25) is 0 Å². The molecule has 0 bridgehead atoms. The van der Waals surface area contributed by atoms with E-state index in [0.717, 1.165) is 11.1 Å². The van der Waals surface area contributed by atoms with Crippen LogP contribution in [0.3, 0.4) is 0 Å². The number of rotatable bonds is 2. The summed E-state index contributed by atoms with van der Waals surface area (Å²) in [7, 11) is 0. The molecule has 3 aromatic rings. The minimum atomic E-state index is -0.316. The second kappa shape index (κ2) is 6.62. The molecule has 2 N–H and O–H groups in total. The molecule has 4 nitrogen and oxygen atoms in total. The van der Waals surface area contributed by atoms with Gasteiger partial charge in [-0.15, -0.1) is 0 Å². The predicted octanol–water partition coefficient (Wildman–Crippen LogP) is 4.18. The van der Waals surface area contributed by atoms with Crippen LogP contribution < -0.4 is 10.6 Å². The van der Waals surface area contributed by atoms with Gasteiger partial charge < -0.3 is 5.32 Å². The maximum Gasteiger partial charge on any atom is 0.257 e. The number of carbonyl (C=O) groups is 1. The van der Waals surface area contributed by atoms with E-state index < -0.39 is 0 Å². The summed E-state index contributed by atoms with van der Waals surface area (Å²) in [6.45, 7) is 3.86. The van der Waals surface area contributed by atoms with E-state index in [2.05, 4.69) is 15.6 Å². The van der Waals surface area contributed by atoms with E-state index in [9.17, 15) is 9.18 Å². The normalized spacial score (nSPS) is 10.6. The van der Waals surface area contributed by atoms with Gasteiger partial charge in [0.05, 0.1) is 10.2 Å². The van der Waals surface area contributed by atoms with Gasteiger partial charge >= 0.3 is 0 Å². The van der Waals surface area contributed by atoms with Crippen molar-refractivity contribution in [2.24, 2.45) is 0 Å². The zero-order valence-electron chi connectivity index (χ0n) is 13.0. The maximum atomic E-state index is 13.2. The lowest BCUT2D eigenvalue weighted by Crippen LogP contribution is -2.34. The number of thiocarbonyl (C=S) groups is 1. The minimum absolute atomic E-state index is 0.152. The fourth-order valence-electron chi connectivity index (χ4n) is 2.36. The monoisotopic (exact) mass is 359 g/mol.